The normalized spacial score (nSPS) is 18.7. The molecule has 0 unspecified atom stereocenters. The summed E-state index contributed by atoms with van der Waals surface area (Å²) in [6.07, 6.45) is 3.70. The van der Waals surface area contributed by atoms with Crippen LogP contribution in [0, 0.1) is 0 Å². The molecule has 0 amide bonds. The summed E-state index contributed by atoms with van der Waals surface area (Å²) >= 11 is 24.0. The molecule has 1 saturated heterocycles. The fourth-order valence-corrected chi connectivity index (χ4v) is 3.43. The number of likely N-dealkylation sites (N-methyl/N-ethyl adjacent to an activating group) is 1. The number of carbonyl (C=O) groups excluding carboxylic acids is 1. The van der Waals surface area contributed by atoms with E-state index < -0.39 is 0 Å². The number of Topliss-reactive ketones (excluding diaryl/α,β-unsaturated/α-hetero) is 1. The van der Waals surface area contributed by atoms with Gasteiger partial charge in [-0.3, -0.25) is 9.69 Å². The molecule has 2 nitrogen and oxygen atoms in total. The Bertz CT molecular complexity index is 860. The first-order valence-electron chi connectivity index (χ1n) is 7.88. The maximum atomic E-state index is 12.9. The van der Waals surface area contributed by atoms with Gasteiger partial charge in [0.2, 0.25) is 0 Å². The Labute approximate surface area is 172 Å². The van der Waals surface area contributed by atoms with E-state index in [0.29, 0.717) is 44.3 Å². The number of ketones is 1. The molecule has 1 aliphatic rings. The molecule has 6 heteroatoms. The molecule has 0 spiro atoms. The highest BCUT2D eigenvalue weighted by Crippen LogP contribution is 2.27. The maximum absolute atomic E-state index is 12.9. The van der Waals surface area contributed by atoms with Crippen LogP contribution in [0.2, 0.25) is 20.1 Å². The molecule has 26 heavy (non-hydrogen) atoms. The van der Waals surface area contributed by atoms with Gasteiger partial charge in [-0.25, -0.2) is 0 Å². The van der Waals surface area contributed by atoms with E-state index in [-0.39, 0.29) is 5.78 Å². The summed E-state index contributed by atoms with van der Waals surface area (Å²) in [4.78, 5) is 15.0. The van der Waals surface area contributed by atoms with Crippen LogP contribution in [0.4, 0.5) is 0 Å². The highest BCUT2D eigenvalue weighted by molar-refractivity contribution is 6.42. The van der Waals surface area contributed by atoms with Gasteiger partial charge in [0.25, 0.3) is 0 Å². The highest BCUT2D eigenvalue weighted by Gasteiger charge is 2.24. The monoisotopic (exact) mass is 425 g/mol. The summed E-state index contributed by atoms with van der Waals surface area (Å²) in [5.41, 5.74) is 3.07. The molecule has 1 aliphatic heterocycles. The van der Waals surface area contributed by atoms with E-state index in [2.05, 4.69) is 4.90 Å². The van der Waals surface area contributed by atoms with Crippen molar-refractivity contribution < 1.29 is 4.79 Å². The second-order valence-corrected chi connectivity index (χ2v) is 7.82. The Hall–Kier alpha value is -1.29. The van der Waals surface area contributed by atoms with Gasteiger partial charge in [0.05, 0.1) is 20.1 Å². The smallest absolute Gasteiger partial charge is 0.187 e. The molecule has 3 rings (SSSR count). The van der Waals surface area contributed by atoms with Crippen LogP contribution in [0.15, 0.2) is 47.5 Å². The molecule has 0 radical (unpaired) electrons. The van der Waals surface area contributed by atoms with Gasteiger partial charge < -0.3 is 0 Å². The Morgan fingerprint density at radius 2 is 1.19 bits per heavy atom. The summed E-state index contributed by atoms with van der Waals surface area (Å²) in [6, 6.07) is 10.6. The zero-order chi connectivity index (χ0) is 18.8. The van der Waals surface area contributed by atoms with E-state index in [4.69, 9.17) is 46.4 Å². The van der Waals surface area contributed by atoms with Crippen molar-refractivity contribution in [2.75, 3.05) is 20.1 Å². The van der Waals surface area contributed by atoms with Gasteiger partial charge >= 0.3 is 0 Å². The van der Waals surface area contributed by atoms with Crippen molar-refractivity contribution in [3.63, 3.8) is 0 Å². The number of benzene rings is 2. The second kappa shape index (κ2) is 8.16. The lowest BCUT2D eigenvalue weighted by atomic mass is 9.94. The quantitative estimate of drug-likeness (QED) is 0.526. The van der Waals surface area contributed by atoms with Gasteiger partial charge in [0.1, 0.15) is 0 Å². The Kier molecular flexibility index (Phi) is 6.11. The third-order valence-corrected chi connectivity index (χ3v) is 5.51. The molecule has 2 aromatic rings. The number of likely N-dealkylation sites (tertiary alicyclic amines) is 1. The maximum Gasteiger partial charge on any atom is 0.187 e. The molecule has 1 heterocycles. The van der Waals surface area contributed by atoms with Crippen LogP contribution in [0.3, 0.4) is 0 Å². The molecule has 0 N–H and O–H groups in total. The summed E-state index contributed by atoms with van der Waals surface area (Å²) in [7, 11) is 1.97. The highest BCUT2D eigenvalue weighted by atomic mass is 35.5. The average molecular weight is 427 g/mol. The standard InChI is InChI=1S/C20H15Cl4NO/c1-25-10-14(6-12-2-4-16(21)18(23)8-12)20(26)15(11-25)7-13-3-5-17(22)19(24)9-13/h2-9H,10-11H2,1H3. The zero-order valence-corrected chi connectivity index (χ0v) is 16.9. The molecular formula is C20H15Cl4NO. The lowest BCUT2D eigenvalue weighted by Crippen LogP contribution is -2.34. The lowest BCUT2D eigenvalue weighted by Gasteiger charge is -2.26. The molecule has 0 atom stereocenters. The molecule has 134 valence electrons. The van der Waals surface area contributed by atoms with E-state index in [1.165, 1.54) is 0 Å². The molecule has 0 aliphatic carbocycles. The largest absolute Gasteiger partial charge is 0.298 e. The number of piperidine rings is 1. The summed E-state index contributed by atoms with van der Waals surface area (Å²) in [5.74, 6) is 0.0141. The zero-order valence-electron chi connectivity index (χ0n) is 13.9. The SMILES string of the molecule is CN1CC(=Cc2ccc(Cl)c(Cl)c2)C(=O)C(=Cc2ccc(Cl)c(Cl)c2)C1. The minimum Gasteiger partial charge on any atom is -0.298 e. The number of hydrogen-bond donors (Lipinski definition) is 0. The predicted molar refractivity (Wildman–Crippen MR) is 111 cm³/mol. The summed E-state index contributed by atoms with van der Waals surface area (Å²) < 4.78 is 0. The minimum absolute atomic E-state index is 0.0141. The van der Waals surface area contributed by atoms with Gasteiger partial charge in [-0.1, -0.05) is 58.5 Å². The third kappa shape index (κ3) is 4.51. The van der Waals surface area contributed by atoms with Crippen molar-refractivity contribution in [1.82, 2.24) is 4.90 Å². The fourth-order valence-electron chi connectivity index (χ4n) is 2.82. The Morgan fingerprint density at radius 3 is 1.58 bits per heavy atom. The van der Waals surface area contributed by atoms with Crippen LogP contribution < -0.4 is 0 Å². The van der Waals surface area contributed by atoms with E-state index >= 15 is 0 Å². The van der Waals surface area contributed by atoms with E-state index in [0.717, 1.165) is 11.1 Å². The predicted octanol–water partition coefficient (Wildman–Crippen LogP) is 6.28. The molecular weight excluding hydrogens is 412 g/mol. The van der Waals surface area contributed by atoms with Gasteiger partial charge in [-0.2, -0.15) is 0 Å². The van der Waals surface area contributed by atoms with Crippen LogP contribution in [-0.2, 0) is 4.79 Å². The first-order chi connectivity index (χ1) is 12.3. The topological polar surface area (TPSA) is 20.3 Å². The van der Waals surface area contributed by atoms with Crippen LogP contribution in [0.5, 0.6) is 0 Å². The van der Waals surface area contributed by atoms with Crippen LogP contribution in [-0.4, -0.2) is 30.8 Å². The molecule has 0 bridgehead atoms. The van der Waals surface area contributed by atoms with Crippen molar-refractivity contribution in [1.29, 1.82) is 0 Å². The number of halogens is 4. The van der Waals surface area contributed by atoms with Gasteiger partial charge in [0, 0.05) is 24.2 Å². The Morgan fingerprint density at radius 1 is 0.769 bits per heavy atom. The number of carbonyl (C=O) groups is 1. The van der Waals surface area contributed by atoms with E-state index in [1.807, 2.05) is 31.3 Å². The fraction of sp³-hybridized carbons (Fsp3) is 0.150. The van der Waals surface area contributed by atoms with Crippen LogP contribution >= 0.6 is 46.4 Å². The van der Waals surface area contributed by atoms with Crippen molar-refractivity contribution in [3.8, 4) is 0 Å². The van der Waals surface area contributed by atoms with Gasteiger partial charge in [-0.15, -0.1) is 0 Å². The Balaban J connectivity index is 1.94. The van der Waals surface area contributed by atoms with Crippen molar-refractivity contribution in [3.05, 3.63) is 78.8 Å². The summed E-state index contributed by atoms with van der Waals surface area (Å²) in [5, 5.41) is 1.90. The second-order valence-electron chi connectivity index (χ2n) is 6.19. The minimum atomic E-state index is 0.0141. The molecule has 0 aromatic heterocycles. The van der Waals surface area contributed by atoms with Crippen molar-refractivity contribution in [2.45, 2.75) is 0 Å². The number of rotatable bonds is 2. The van der Waals surface area contributed by atoms with E-state index in [1.54, 1.807) is 24.3 Å². The number of nitrogens with zero attached hydrogens (tertiary/aromatic N) is 1. The lowest BCUT2D eigenvalue weighted by molar-refractivity contribution is -0.113. The van der Waals surface area contributed by atoms with E-state index in [9.17, 15) is 4.79 Å². The first kappa shape index (κ1) is 19.5. The van der Waals surface area contributed by atoms with Crippen LogP contribution in [0.25, 0.3) is 12.2 Å². The molecule has 2 aromatic carbocycles. The van der Waals surface area contributed by atoms with Crippen molar-refractivity contribution >= 4 is 64.3 Å². The first-order valence-corrected chi connectivity index (χ1v) is 9.39. The molecule has 1 fully saturated rings. The third-order valence-electron chi connectivity index (χ3n) is 4.03. The summed E-state index contributed by atoms with van der Waals surface area (Å²) in [6.45, 7) is 1.13. The average Bonchev–Trinajstić information content (AvgIpc) is 2.58. The van der Waals surface area contributed by atoms with Crippen LogP contribution in [0.1, 0.15) is 11.1 Å². The molecule has 0 saturated carbocycles. The number of hydrogen-bond acceptors (Lipinski definition) is 2. The van der Waals surface area contributed by atoms with Crippen molar-refractivity contribution in [2.24, 2.45) is 0 Å². The van der Waals surface area contributed by atoms with Gasteiger partial charge in [-0.05, 0) is 54.6 Å². The van der Waals surface area contributed by atoms with Gasteiger partial charge in [0.15, 0.2) is 5.78 Å².